The number of nitro benzene ring substituents is 1. The van der Waals surface area contributed by atoms with Crippen LogP contribution in [-0.2, 0) is 0 Å². The van der Waals surface area contributed by atoms with Crippen LogP contribution in [0.3, 0.4) is 0 Å². The van der Waals surface area contributed by atoms with Gasteiger partial charge in [-0.2, -0.15) is 0 Å². The molecule has 1 N–H and O–H groups in total. The first-order valence-corrected chi connectivity index (χ1v) is 5.89. The van der Waals surface area contributed by atoms with Gasteiger partial charge in [0.05, 0.1) is 18.1 Å². The Morgan fingerprint density at radius 1 is 1.33 bits per heavy atom. The van der Waals surface area contributed by atoms with Crippen molar-refractivity contribution in [2.45, 2.75) is 27.2 Å². The molecule has 0 atom stereocenters. The molecule has 1 aromatic carbocycles. The molecule has 0 saturated heterocycles. The molecule has 0 fully saturated rings. The zero-order valence-corrected chi connectivity index (χ0v) is 11.3. The van der Waals surface area contributed by atoms with Gasteiger partial charge >= 0.3 is 0 Å². The van der Waals surface area contributed by atoms with Gasteiger partial charge in [-0.1, -0.05) is 20.8 Å². The van der Waals surface area contributed by atoms with Crippen molar-refractivity contribution < 1.29 is 9.66 Å². The Kier molecular flexibility index (Phi) is 4.53. The zero-order chi connectivity index (χ0) is 13.8. The van der Waals surface area contributed by atoms with E-state index >= 15 is 0 Å². The first-order valence-electron chi connectivity index (χ1n) is 5.89. The minimum atomic E-state index is -0.419. The predicted molar refractivity (Wildman–Crippen MR) is 72.2 cm³/mol. The maximum atomic E-state index is 10.8. The molecule has 0 heterocycles. The lowest BCUT2D eigenvalue weighted by Gasteiger charge is -2.18. The Morgan fingerprint density at radius 2 is 2.00 bits per heavy atom. The van der Waals surface area contributed by atoms with Gasteiger partial charge in [-0.15, -0.1) is 0 Å². The van der Waals surface area contributed by atoms with Crippen LogP contribution < -0.4 is 10.1 Å². The molecule has 0 amide bonds. The number of nitro groups is 1. The van der Waals surface area contributed by atoms with Crippen molar-refractivity contribution in [3.63, 3.8) is 0 Å². The van der Waals surface area contributed by atoms with Crippen LogP contribution in [0.1, 0.15) is 27.2 Å². The lowest BCUT2D eigenvalue weighted by atomic mass is 9.92. The minimum absolute atomic E-state index is 0.0348. The fourth-order valence-electron chi connectivity index (χ4n) is 1.49. The molecule has 0 radical (unpaired) electrons. The van der Waals surface area contributed by atoms with Gasteiger partial charge in [-0.25, -0.2) is 0 Å². The molecular weight excluding hydrogens is 232 g/mol. The second-order valence-electron chi connectivity index (χ2n) is 5.41. The highest BCUT2D eigenvalue weighted by molar-refractivity contribution is 5.56. The van der Waals surface area contributed by atoms with Crippen LogP contribution in [0.2, 0.25) is 0 Å². The van der Waals surface area contributed by atoms with E-state index in [0.717, 1.165) is 13.0 Å². The zero-order valence-electron chi connectivity index (χ0n) is 11.3. The summed E-state index contributed by atoms with van der Waals surface area (Å²) in [5, 5.41) is 14.0. The molecule has 100 valence electrons. The Hall–Kier alpha value is -1.78. The van der Waals surface area contributed by atoms with Gasteiger partial charge < -0.3 is 10.1 Å². The molecule has 0 spiro atoms. The van der Waals surface area contributed by atoms with Crippen LogP contribution in [0.5, 0.6) is 5.75 Å². The number of nitrogens with zero attached hydrogens (tertiary/aromatic N) is 1. The van der Waals surface area contributed by atoms with Crippen molar-refractivity contribution in [1.82, 2.24) is 0 Å². The largest absolute Gasteiger partial charge is 0.496 e. The van der Waals surface area contributed by atoms with E-state index < -0.39 is 4.92 Å². The summed E-state index contributed by atoms with van der Waals surface area (Å²) in [6, 6.07) is 4.69. The summed E-state index contributed by atoms with van der Waals surface area (Å²) in [7, 11) is 1.50. The number of benzene rings is 1. The van der Waals surface area contributed by atoms with Crippen molar-refractivity contribution in [3.8, 4) is 5.75 Å². The van der Waals surface area contributed by atoms with Crippen molar-refractivity contribution in [3.05, 3.63) is 28.3 Å². The summed E-state index contributed by atoms with van der Waals surface area (Å²) in [6.45, 7) is 7.24. The topological polar surface area (TPSA) is 64.4 Å². The molecule has 0 aliphatic heterocycles. The predicted octanol–water partition coefficient (Wildman–Crippen LogP) is 3.45. The number of hydrogen-bond donors (Lipinski definition) is 1. The van der Waals surface area contributed by atoms with Crippen LogP contribution >= 0.6 is 0 Å². The van der Waals surface area contributed by atoms with E-state index in [9.17, 15) is 10.1 Å². The lowest BCUT2D eigenvalue weighted by molar-refractivity contribution is -0.384. The highest BCUT2D eigenvalue weighted by Crippen LogP contribution is 2.26. The summed E-state index contributed by atoms with van der Waals surface area (Å²) in [5.41, 5.74) is 0.982. The highest BCUT2D eigenvalue weighted by Gasteiger charge is 2.12. The van der Waals surface area contributed by atoms with Crippen LogP contribution in [-0.4, -0.2) is 18.6 Å². The SMILES string of the molecule is COc1cc(NCCC(C)(C)C)cc([N+](=O)[O-])c1. The Balaban J connectivity index is 2.76. The minimum Gasteiger partial charge on any atom is -0.496 e. The van der Waals surface area contributed by atoms with E-state index in [1.165, 1.54) is 19.2 Å². The average molecular weight is 252 g/mol. The quantitative estimate of drug-likeness (QED) is 0.644. The van der Waals surface area contributed by atoms with Gasteiger partial charge in [-0.05, 0) is 11.8 Å². The fourth-order valence-corrected chi connectivity index (χ4v) is 1.49. The smallest absolute Gasteiger partial charge is 0.275 e. The van der Waals surface area contributed by atoms with Gasteiger partial charge in [0.25, 0.3) is 5.69 Å². The monoisotopic (exact) mass is 252 g/mol. The van der Waals surface area contributed by atoms with Crippen molar-refractivity contribution in [2.75, 3.05) is 19.0 Å². The van der Waals surface area contributed by atoms with E-state index in [0.29, 0.717) is 11.4 Å². The molecule has 1 aromatic rings. The molecule has 18 heavy (non-hydrogen) atoms. The van der Waals surface area contributed by atoms with Crippen LogP contribution in [0.25, 0.3) is 0 Å². The number of rotatable bonds is 5. The number of anilines is 1. The van der Waals surface area contributed by atoms with E-state index in [2.05, 4.69) is 26.1 Å². The molecule has 0 bridgehead atoms. The maximum Gasteiger partial charge on any atom is 0.275 e. The molecule has 0 aliphatic rings. The van der Waals surface area contributed by atoms with Crippen LogP contribution in [0.4, 0.5) is 11.4 Å². The lowest BCUT2D eigenvalue weighted by Crippen LogP contribution is -2.12. The molecule has 0 saturated carbocycles. The Morgan fingerprint density at radius 3 is 2.50 bits per heavy atom. The summed E-state index contributed by atoms with van der Waals surface area (Å²) in [5.74, 6) is 0.488. The van der Waals surface area contributed by atoms with Crippen LogP contribution in [0.15, 0.2) is 18.2 Å². The van der Waals surface area contributed by atoms with Gasteiger partial charge in [0, 0.05) is 24.4 Å². The Labute approximate surface area is 107 Å². The number of hydrogen-bond acceptors (Lipinski definition) is 4. The number of non-ortho nitro benzene ring substituents is 1. The fraction of sp³-hybridized carbons (Fsp3) is 0.538. The average Bonchev–Trinajstić information content (AvgIpc) is 2.26. The van der Waals surface area contributed by atoms with Gasteiger partial charge in [-0.3, -0.25) is 10.1 Å². The highest BCUT2D eigenvalue weighted by atomic mass is 16.6. The van der Waals surface area contributed by atoms with Crippen molar-refractivity contribution in [1.29, 1.82) is 0 Å². The molecule has 0 aromatic heterocycles. The normalized spacial score (nSPS) is 11.1. The summed E-state index contributed by atoms with van der Waals surface area (Å²) >= 11 is 0. The molecule has 0 aliphatic carbocycles. The third-order valence-corrected chi connectivity index (χ3v) is 2.54. The summed E-state index contributed by atoms with van der Waals surface area (Å²) in [4.78, 5) is 10.4. The Bertz CT molecular complexity index is 425. The van der Waals surface area contributed by atoms with Crippen LogP contribution in [0, 0.1) is 15.5 Å². The van der Waals surface area contributed by atoms with Crippen molar-refractivity contribution in [2.24, 2.45) is 5.41 Å². The first-order chi connectivity index (χ1) is 8.31. The first kappa shape index (κ1) is 14.3. The number of ether oxygens (including phenoxy) is 1. The van der Waals surface area contributed by atoms with Gasteiger partial charge in [0.1, 0.15) is 5.75 Å². The molecule has 5 nitrogen and oxygen atoms in total. The second-order valence-corrected chi connectivity index (χ2v) is 5.41. The third-order valence-electron chi connectivity index (χ3n) is 2.54. The van der Waals surface area contributed by atoms with E-state index in [4.69, 9.17) is 4.74 Å². The standard InChI is InChI=1S/C13H20N2O3/c1-13(2,3)5-6-14-10-7-11(15(16)17)9-12(8-10)18-4/h7-9,14H,5-6H2,1-4H3. The summed E-state index contributed by atoms with van der Waals surface area (Å²) < 4.78 is 5.05. The molecule has 5 heteroatoms. The maximum absolute atomic E-state index is 10.8. The van der Waals surface area contributed by atoms with E-state index in [-0.39, 0.29) is 11.1 Å². The molecular formula is C13H20N2O3. The number of methoxy groups -OCH3 is 1. The third kappa shape index (κ3) is 4.61. The summed E-state index contributed by atoms with van der Waals surface area (Å²) in [6.07, 6.45) is 0.984. The second kappa shape index (κ2) is 5.71. The van der Waals surface area contributed by atoms with E-state index in [1.807, 2.05) is 0 Å². The number of nitrogens with one attached hydrogen (secondary N) is 1. The van der Waals surface area contributed by atoms with Gasteiger partial charge in [0.2, 0.25) is 0 Å². The van der Waals surface area contributed by atoms with Crippen molar-refractivity contribution >= 4 is 11.4 Å². The molecule has 0 unspecified atom stereocenters. The van der Waals surface area contributed by atoms with E-state index in [1.54, 1.807) is 6.07 Å². The molecule has 1 rings (SSSR count). The van der Waals surface area contributed by atoms with Gasteiger partial charge in [0.15, 0.2) is 0 Å².